The van der Waals surface area contributed by atoms with Crippen molar-refractivity contribution in [2.24, 2.45) is 11.8 Å². The predicted molar refractivity (Wildman–Crippen MR) is 82.2 cm³/mol. The van der Waals surface area contributed by atoms with Crippen LogP contribution in [-0.2, 0) is 15.0 Å². The summed E-state index contributed by atoms with van der Waals surface area (Å²) in [5.41, 5.74) is 0.522. The highest BCUT2D eigenvalue weighted by atomic mass is 16.4. The van der Waals surface area contributed by atoms with Crippen LogP contribution in [0.15, 0.2) is 24.3 Å². The third kappa shape index (κ3) is 3.26. The maximum absolute atomic E-state index is 12.2. The number of hydrogen-bond donors (Lipinski definition) is 2. The number of amides is 1. The number of carbonyl (C=O) groups excluding carboxylic acids is 1. The zero-order valence-electron chi connectivity index (χ0n) is 12.8. The molecule has 1 fully saturated rings. The van der Waals surface area contributed by atoms with E-state index in [0.29, 0.717) is 5.92 Å². The lowest BCUT2D eigenvalue weighted by atomic mass is 9.85. The molecule has 0 aromatic heterocycles. The Bertz CT molecular complexity index is 533. The van der Waals surface area contributed by atoms with Crippen LogP contribution in [0.5, 0.6) is 0 Å². The highest BCUT2D eigenvalue weighted by Gasteiger charge is 2.31. The van der Waals surface area contributed by atoms with Crippen molar-refractivity contribution in [1.82, 2.24) is 0 Å². The number of benzene rings is 1. The quantitative estimate of drug-likeness (QED) is 0.892. The molecule has 2 unspecified atom stereocenters. The molecule has 0 heterocycles. The summed E-state index contributed by atoms with van der Waals surface area (Å²) in [5.74, 6) is -0.250. The lowest BCUT2D eigenvalue weighted by Gasteiger charge is -2.20. The average Bonchev–Trinajstić information content (AvgIpc) is 2.85. The Morgan fingerprint density at radius 2 is 1.81 bits per heavy atom. The Kier molecular flexibility index (Phi) is 4.35. The molecule has 4 heteroatoms. The maximum atomic E-state index is 12.2. The first-order valence-electron chi connectivity index (χ1n) is 7.47. The van der Waals surface area contributed by atoms with E-state index in [9.17, 15) is 14.7 Å². The number of carboxylic acids is 1. The highest BCUT2D eigenvalue weighted by Crippen LogP contribution is 2.32. The number of nitrogens with one attached hydrogen (secondary N) is 1. The fraction of sp³-hybridized carbons (Fsp3) is 0.529. The summed E-state index contributed by atoms with van der Waals surface area (Å²) in [5, 5.41) is 12.1. The zero-order valence-corrected chi connectivity index (χ0v) is 12.8. The summed E-state index contributed by atoms with van der Waals surface area (Å²) >= 11 is 0. The largest absolute Gasteiger partial charge is 0.481 e. The molecular weight excluding hydrogens is 266 g/mol. The van der Waals surface area contributed by atoms with Gasteiger partial charge in [0.15, 0.2) is 0 Å². The van der Waals surface area contributed by atoms with Crippen molar-refractivity contribution in [3.63, 3.8) is 0 Å². The van der Waals surface area contributed by atoms with Crippen LogP contribution in [0, 0.1) is 11.8 Å². The maximum Gasteiger partial charge on any atom is 0.313 e. The molecular formula is C17H23NO3. The van der Waals surface area contributed by atoms with Crippen molar-refractivity contribution >= 4 is 17.6 Å². The van der Waals surface area contributed by atoms with Crippen LogP contribution >= 0.6 is 0 Å². The van der Waals surface area contributed by atoms with Crippen LogP contribution in [-0.4, -0.2) is 17.0 Å². The number of aliphatic carboxylic acids is 1. The van der Waals surface area contributed by atoms with Gasteiger partial charge in [-0.15, -0.1) is 0 Å². The molecule has 0 radical (unpaired) electrons. The number of carbonyl (C=O) groups is 2. The smallest absolute Gasteiger partial charge is 0.313 e. The molecule has 2 rings (SSSR count). The molecule has 1 aromatic carbocycles. The molecule has 0 saturated heterocycles. The van der Waals surface area contributed by atoms with Crippen LogP contribution in [0.25, 0.3) is 0 Å². The lowest BCUT2D eigenvalue weighted by molar-refractivity contribution is -0.142. The summed E-state index contributed by atoms with van der Waals surface area (Å²) in [4.78, 5) is 23.4. The van der Waals surface area contributed by atoms with Crippen molar-refractivity contribution < 1.29 is 14.7 Å². The average molecular weight is 289 g/mol. The van der Waals surface area contributed by atoms with Crippen LogP contribution in [0.3, 0.4) is 0 Å². The van der Waals surface area contributed by atoms with Crippen LogP contribution in [0.2, 0.25) is 0 Å². The summed E-state index contributed by atoms with van der Waals surface area (Å²) in [6, 6.07) is 7.08. The molecule has 0 spiro atoms. The third-order valence-corrected chi connectivity index (χ3v) is 4.61. The van der Waals surface area contributed by atoms with Gasteiger partial charge in [-0.3, -0.25) is 9.59 Å². The second-order valence-corrected chi connectivity index (χ2v) is 6.51. The molecule has 1 aliphatic carbocycles. The number of hydrogen-bond acceptors (Lipinski definition) is 2. The summed E-state index contributed by atoms with van der Waals surface area (Å²) in [7, 11) is 0. The second kappa shape index (κ2) is 5.88. The predicted octanol–water partition coefficient (Wildman–Crippen LogP) is 3.42. The molecule has 1 aliphatic rings. The van der Waals surface area contributed by atoms with Crippen LogP contribution in [0.4, 0.5) is 5.69 Å². The van der Waals surface area contributed by atoms with E-state index in [1.807, 2.05) is 0 Å². The number of anilines is 1. The molecule has 114 valence electrons. The molecule has 0 bridgehead atoms. The monoisotopic (exact) mass is 289 g/mol. The molecule has 1 aromatic rings. The molecule has 0 aliphatic heterocycles. The normalized spacial score (nSPS) is 22.0. The molecule has 1 amide bonds. The first-order chi connectivity index (χ1) is 9.82. The second-order valence-electron chi connectivity index (χ2n) is 6.51. The van der Waals surface area contributed by atoms with Gasteiger partial charge in [-0.1, -0.05) is 25.5 Å². The van der Waals surface area contributed by atoms with Gasteiger partial charge in [0.05, 0.1) is 5.41 Å². The van der Waals surface area contributed by atoms with E-state index in [1.165, 1.54) is 0 Å². The molecule has 4 nitrogen and oxygen atoms in total. The standard InChI is InChI=1S/C17H23NO3/c1-11-5-4-6-14(11)15(19)18-13-9-7-12(8-10-13)17(2,3)16(20)21/h7-11,14H,4-6H2,1-3H3,(H,18,19)(H,20,21). The van der Waals surface area contributed by atoms with Crippen LogP contribution < -0.4 is 5.32 Å². The minimum Gasteiger partial charge on any atom is -0.481 e. The summed E-state index contributed by atoms with van der Waals surface area (Å²) < 4.78 is 0. The van der Waals surface area contributed by atoms with Gasteiger partial charge in [0, 0.05) is 11.6 Å². The van der Waals surface area contributed by atoms with Crippen molar-refractivity contribution in [2.75, 3.05) is 5.32 Å². The van der Waals surface area contributed by atoms with Gasteiger partial charge < -0.3 is 10.4 Å². The van der Waals surface area contributed by atoms with Gasteiger partial charge >= 0.3 is 5.97 Å². The Balaban J connectivity index is 2.06. The van der Waals surface area contributed by atoms with Gasteiger partial charge in [-0.25, -0.2) is 0 Å². The van der Waals surface area contributed by atoms with Crippen molar-refractivity contribution in [2.45, 2.75) is 45.4 Å². The molecule has 2 atom stereocenters. The van der Waals surface area contributed by atoms with E-state index in [0.717, 1.165) is 30.5 Å². The minimum atomic E-state index is -0.928. The number of rotatable bonds is 4. The lowest BCUT2D eigenvalue weighted by Crippen LogP contribution is -2.28. The fourth-order valence-electron chi connectivity index (χ4n) is 2.86. The first kappa shape index (κ1) is 15.5. The van der Waals surface area contributed by atoms with E-state index in [1.54, 1.807) is 38.1 Å². The summed E-state index contributed by atoms with van der Waals surface area (Å²) in [6.07, 6.45) is 3.19. The van der Waals surface area contributed by atoms with Crippen molar-refractivity contribution in [3.8, 4) is 0 Å². The van der Waals surface area contributed by atoms with E-state index in [-0.39, 0.29) is 11.8 Å². The van der Waals surface area contributed by atoms with Gasteiger partial charge in [0.2, 0.25) is 5.91 Å². The van der Waals surface area contributed by atoms with Crippen LogP contribution in [0.1, 0.15) is 45.6 Å². The van der Waals surface area contributed by atoms with E-state index >= 15 is 0 Å². The fourth-order valence-corrected chi connectivity index (χ4v) is 2.86. The van der Waals surface area contributed by atoms with Gasteiger partial charge in [-0.05, 0) is 50.3 Å². The Hall–Kier alpha value is -1.84. The van der Waals surface area contributed by atoms with E-state index < -0.39 is 11.4 Å². The Morgan fingerprint density at radius 3 is 2.29 bits per heavy atom. The Labute approximate surface area is 125 Å². The zero-order chi connectivity index (χ0) is 15.6. The number of carboxylic acid groups (broad SMARTS) is 1. The van der Waals surface area contributed by atoms with Crippen molar-refractivity contribution in [1.29, 1.82) is 0 Å². The van der Waals surface area contributed by atoms with Gasteiger partial charge in [-0.2, -0.15) is 0 Å². The first-order valence-corrected chi connectivity index (χ1v) is 7.47. The van der Waals surface area contributed by atoms with Gasteiger partial charge in [0.25, 0.3) is 0 Å². The molecule has 21 heavy (non-hydrogen) atoms. The SMILES string of the molecule is CC1CCCC1C(=O)Nc1ccc(C(C)(C)C(=O)O)cc1. The summed E-state index contributed by atoms with van der Waals surface area (Å²) in [6.45, 7) is 5.46. The molecule has 2 N–H and O–H groups in total. The van der Waals surface area contributed by atoms with Gasteiger partial charge in [0.1, 0.15) is 0 Å². The third-order valence-electron chi connectivity index (χ3n) is 4.61. The van der Waals surface area contributed by atoms with Crippen molar-refractivity contribution in [3.05, 3.63) is 29.8 Å². The highest BCUT2D eigenvalue weighted by molar-refractivity contribution is 5.93. The Morgan fingerprint density at radius 1 is 1.19 bits per heavy atom. The van der Waals surface area contributed by atoms with E-state index in [2.05, 4.69) is 12.2 Å². The minimum absolute atomic E-state index is 0.0743. The topological polar surface area (TPSA) is 66.4 Å². The van der Waals surface area contributed by atoms with E-state index in [4.69, 9.17) is 0 Å². The molecule has 1 saturated carbocycles.